The van der Waals surface area contributed by atoms with Gasteiger partial charge in [-0.2, -0.15) is 0 Å². The summed E-state index contributed by atoms with van der Waals surface area (Å²) in [5, 5.41) is 0. The Balaban J connectivity index is 1.95. The van der Waals surface area contributed by atoms with Crippen LogP contribution in [0.4, 0.5) is 0 Å². The number of rotatable bonds is 2. The molecule has 0 saturated heterocycles. The van der Waals surface area contributed by atoms with Crippen LogP contribution >= 0.6 is 0 Å². The average Bonchev–Trinajstić information content (AvgIpc) is 2.47. The van der Waals surface area contributed by atoms with Gasteiger partial charge in [0, 0.05) is 19.1 Å². The zero-order valence-electron chi connectivity index (χ0n) is 10.4. The Labute approximate surface area is 107 Å². The molecule has 18 heavy (non-hydrogen) atoms. The molecule has 2 nitrogen and oxygen atoms in total. The molecule has 3 rings (SSSR count). The van der Waals surface area contributed by atoms with Gasteiger partial charge in [0.15, 0.2) is 0 Å². The van der Waals surface area contributed by atoms with Crippen molar-refractivity contribution < 1.29 is 9.47 Å². The van der Waals surface area contributed by atoms with Crippen LogP contribution in [0.2, 0.25) is 0 Å². The third-order valence-corrected chi connectivity index (χ3v) is 3.42. The van der Waals surface area contributed by atoms with Crippen molar-refractivity contribution in [3.63, 3.8) is 0 Å². The first-order chi connectivity index (χ1) is 8.88. The molecule has 0 amide bonds. The fourth-order valence-corrected chi connectivity index (χ4v) is 2.47. The van der Waals surface area contributed by atoms with E-state index < -0.39 is 0 Å². The minimum atomic E-state index is 0.0750. The summed E-state index contributed by atoms with van der Waals surface area (Å²) in [4.78, 5) is 0. The number of fused-ring (bicyclic) bond motifs is 1. The zero-order chi connectivity index (χ0) is 12.4. The lowest BCUT2D eigenvalue weighted by Crippen LogP contribution is -2.20. The molecule has 92 valence electrons. The van der Waals surface area contributed by atoms with Gasteiger partial charge in [-0.25, -0.2) is 0 Å². The largest absolute Gasteiger partial charge is 0.485 e. The standard InChI is InChI=1S/C16H16O2/c1-17-16-11-15(12-7-3-2-4-8-12)18-14-10-6-5-9-13(14)16/h2-10,15-16H,11H2,1H3/t15-,16-/m0/s1. The molecule has 1 aliphatic heterocycles. The van der Waals surface area contributed by atoms with Gasteiger partial charge in [0.1, 0.15) is 11.9 Å². The van der Waals surface area contributed by atoms with E-state index in [-0.39, 0.29) is 12.2 Å². The highest BCUT2D eigenvalue weighted by molar-refractivity contribution is 5.38. The third kappa shape index (κ3) is 2.00. The first-order valence-corrected chi connectivity index (χ1v) is 6.22. The van der Waals surface area contributed by atoms with E-state index in [9.17, 15) is 0 Å². The van der Waals surface area contributed by atoms with Crippen molar-refractivity contribution in [2.75, 3.05) is 7.11 Å². The maximum Gasteiger partial charge on any atom is 0.127 e. The highest BCUT2D eigenvalue weighted by atomic mass is 16.5. The summed E-state index contributed by atoms with van der Waals surface area (Å²) in [5.74, 6) is 0.935. The predicted molar refractivity (Wildman–Crippen MR) is 70.6 cm³/mol. The molecule has 0 N–H and O–H groups in total. The van der Waals surface area contributed by atoms with Crippen molar-refractivity contribution in [3.8, 4) is 5.75 Å². The Bertz CT molecular complexity index is 522. The molecule has 0 radical (unpaired) electrons. The van der Waals surface area contributed by atoms with E-state index in [1.807, 2.05) is 36.4 Å². The van der Waals surface area contributed by atoms with E-state index in [4.69, 9.17) is 9.47 Å². The zero-order valence-corrected chi connectivity index (χ0v) is 10.4. The average molecular weight is 240 g/mol. The summed E-state index contributed by atoms with van der Waals surface area (Å²) in [6.07, 6.45) is 1.04. The van der Waals surface area contributed by atoms with Gasteiger partial charge in [-0.3, -0.25) is 0 Å². The minimum absolute atomic E-state index is 0.0750. The highest BCUT2D eigenvalue weighted by Crippen LogP contribution is 2.41. The number of methoxy groups -OCH3 is 1. The number of hydrogen-bond acceptors (Lipinski definition) is 2. The van der Waals surface area contributed by atoms with Crippen molar-refractivity contribution in [3.05, 3.63) is 65.7 Å². The van der Waals surface area contributed by atoms with Crippen LogP contribution in [0, 0.1) is 0 Å². The van der Waals surface area contributed by atoms with E-state index >= 15 is 0 Å². The fourth-order valence-electron chi connectivity index (χ4n) is 2.47. The summed E-state index contributed by atoms with van der Waals surface area (Å²) in [5.41, 5.74) is 2.35. The van der Waals surface area contributed by atoms with E-state index in [0.29, 0.717) is 0 Å². The van der Waals surface area contributed by atoms with Gasteiger partial charge < -0.3 is 9.47 Å². The molecule has 1 heterocycles. The Morgan fingerprint density at radius 2 is 1.72 bits per heavy atom. The van der Waals surface area contributed by atoms with Crippen molar-refractivity contribution in [2.24, 2.45) is 0 Å². The number of hydrogen-bond donors (Lipinski definition) is 0. The van der Waals surface area contributed by atoms with E-state index in [1.165, 1.54) is 5.56 Å². The van der Waals surface area contributed by atoms with Crippen LogP contribution in [0.15, 0.2) is 54.6 Å². The van der Waals surface area contributed by atoms with Gasteiger partial charge in [0.25, 0.3) is 0 Å². The van der Waals surface area contributed by atoms with Gasteiger partial charge >= 0.3 is 0 Å². The van der Waals surface area contributed by atoms with Crippen molar-refractivity contribution in [1.82, 2.24) is 0 Å². The maximum atomic E-state index is 6.07. The Morgan fingerprint density at radius 1 is 1.00 bits per heavy atom. The highest BCUT2D eigenvalue weighted by Gasteiger charge is 2.28. The van der Waals surface area contributed by atoms with Gasteiger partial charge in [0.2, 0.25) is 0 Å². The van der Waals surface area contributed by atoms with Crippen LogP contribution in [0.1, 0.15) is 29.8 Å². The molecule has 0 saturated carbocycles. The van der Waals surface area contributed by atoms with Crippen LogP contribution < -0.4 is 4.74 Å². The Morgan fingerprint density at radius 3 is 2.50 bits per heavy atom. The van der Waals surface area contributed by atoms with Crippen LogP contribution in [-0.4, -0.2) is 7.11 Å². The molecular formula is C16H16O2. The molecule has 2 heteroatoms. The second-order valence-electron chi connectivity index (χ2n) is 4.52. The first-order valence-electron chi connectivity index (χ1n) is 6.22. The molecule has 0 aliphatic carbocycles. The number of ether oxygens (including phenoxy) is 2. The Kier molecular flexibility index (Phi) is 3.03. The molecule has 0 unspecified atom stereocenters. The van der Waals surface area contributed by atoms with Crippen molar-refractivity contribution in [2.45, 2.75) is 18.6 Å². The number of para-hydroxylation sites is 1. The lowest BCUT2D eigenvalue weighted by Gasteiger charge is -2.31. The van der Waals surface area contributed by atoms with Crippen LogP contribution in [-0.2, 0) is 4.74 Å². The van der Waals surface area contributed by atoms with Crippen LogP contribution in [0.5, 0.6) is 5.75 Å². The molecule has 2 atom stereocenters. The molecule has 0 bridgehead atoms. The topological polar surface area (TPSA) is 18.5 Å². The van der Waals surface area contributed by atoms with Gasteiger partial charge in [0.05, 0.1) is 6.10 Å². The predicted octanol–water partition coefficient (Wildman–Crippen LogP) is 3.90. The van der Waals surface area contributed by atoms with E-state index in [1.54, 1.807) is 7.11 Å². The first kappa shape index (κ1) is 11.3. The minimum Gasteiger partial charge on any atom is -0.485 e. The van der Waals surface area contributed by atoms with Gasteiger partial charge in [-0.05, 0) is 11.6 Å². The van der Waals surface area contributed by atoms with E-state index in [2.05, 4.69) is 18.2 Å². The molecule has 0 spiro atoms. The summed E-state index contributed by atoms with van der Waals surface area (Å²) in [7, 11) is 1.76. The maximum absolute atomic E-state index is 6.07. The smallest absolute Gasteiger partial charge is 0.127 e. The SMILES string of the molecule is CO[C@H]1C[C@@H](c2ccccc2)Oc2ccccc21. The van der Waals surface area contributed by atoms with Crippen molar-refractivity contribution >= 4 is 0 Å². The summed E-state index contributed by atoms with van der Waals surface area (Å²) in [6.45, 7) is 0. The van der Waals surface area contributed by atoms with Crippen LogP contribution in [0.25, 0.3) is 0 Å². The molecule has 0 aromatic heterocycles. The second-order valence-corrected chi connectivity index (χ2v) is 4.52. The molecular weight excluding hydrogens is 224 g/mol. The van der Waals surface area contributed by atoms with Crippen LogP contribution in [0.3, 0.4) is 0 Å². The second kappa shape index (κ2) is 4.83. The van der Waals surface area contributed by atoms with Gasteiger partial charge in [-0.1, -0.05) is 48.5 Å². The van der Waals surface area contributed by atoms with E-state index in [0.717, 1.165) is 17.7 Å². The lowest BCUT2D eigenvalue weighted by molar-refractivity contribution is 0.0301. The molecule has 1 aliphatic rings. The molecule has 2 aromatic rings. The quantitative estimate of drug-likeness (QED) is 0.792. The molecule has 0 fully saturated rings. The monoisotopic (exact) mass is 240 g/mol. The Hall–Kier alpha value is -1.80. The third-order valence-electron chi connectivity index (χ3n) is 3.42. The van der Waals surface area contributed by atoms with Gasteiger partial charge in [-0.15, -0.1) is 0 Å². The van der Waals surface area contributed by atoms with Crippen molar-refractivity contribution in [1.29, 1.82) is 0 Å². The normalized spacial score (nSPS) is 22.1. The number of benzene rings is 2. The summed E-state index contributed by atoms with van der Waals surface area (Å²) >= 11 is 0. The fraction of sp³-hybridized carbons (Fsp3) is 0.250. The molecule has 2 aromatic carbocycles. The summed E-state index contributed by atoms with van der Waals surface area (Å²) < 4.78 is 11.7. The summed E-state index contributed by atoms with van der Waals surface area (Å²) in [6, 6.07) is 18.4. The lowest BCUT2D eigenvalue weighted by atomic mass is 9.95.